The van der Waals surface area contributed by atoms with Gasteiger partial charge in [0.15, 0.2) is 5.78 Å². The molecular weight excluding hydrogens is 278 g/mol. The van der Waals surface area contributed by atoms with Crippen LogP contribution in [-0.4, -0.2) is 12.0 Å². The predicted octanol–water partition coefficient (Wildman–Crippen LogP) is 4.50. The number of thioether (sulfide) groups is 1. The Bertz CT molecular complexity index is 626. The van der Waals surface area contributed by atoms with Gasteiger partial charge in [0.1, 0.15) is 11.6 Å². The van der Waals surface area contributed by atoms with Gasteiger partial charge in [0.05, 0.1) is 5.56 Å². The van der Waals surface area contributed by atoms with Gasteiger partial charge in [0.25, 0.3) is 0 Å². The van der Waals surface area contributed by atoms with E-state index in [-0.39, 0.29) is 17.8 Å². The van der Waals surface area contributed by atoms with E-state index in [9.17, 15) is 13.6 Å². The molecule has 0 radical (unpaired) electrons. The fraction of sp³-hybridized carbons (Fsp3) is 0.188. The number of carbonyl (C=O) groups is 1. The topological polar surface area (TPSA) is 17.1 Å². The molecule has 20 heavy (non-hydrogen) atoms. The van der Waals surface area contributed by atoms with E-state index in [0.717, 1.165) is 22.6 Å². The maximum atomic E-state index is 13.5. The normalized spacial score (nSPS) is 10.6. The number of ketones is 1. The summed E-state index contributed by atoms with van der Waals surface area (Å²) in [6.45, 7) is 0. The summed E-state index contributed by atoms with van der Waals surface area (Å²) in [7, 11) is 0. The minimum atomic E-state index is -0.798. The van der Waals surface area contributed by atoms with Crippen molar-refractivity contribution in [2.24, 2.45) is 0 Å². The first-order valence-electron chi connectivity index (χ1n) is 6.22. The molecule has 0 atom stereocenters. The quantitative estimate of drug-likeness (QED) is 0.596. The van der Waals surface area contributed by atoms with Crippen LogP contribution >= 0.6 is 11.8 Å². The molecule has 0 aromatic heterocycles. The molecule has 104 valence electrons. The van der Waals surface area contributed by atoms with Crippen molar-refractivity contribution < 1.29 is 13.6 Å². The standard InChI is InChI=1S/C16H14F2OS/c1-20-16-5-3-2-4-11(16)6-9-15(19)13-8-7-12(17)10-14(13)18/h2-5,7-8,10H,6,9H2,1H3. The minimum Gasteiger partial charge on any atom is -0.294 e. The van der Waals surface area contributed by atoms with E-state index >= 15 is 0 Å². The zero-order chi connectivity index (χ0) is 14.5. The summed E-state index contributed by atoms with van der Waals surface area (Å²) in [5.41, 5.74) is 1.02. The first-order valence-corrected chi connectivity index (χ1v) is 7.44. The number of hydrogen-bond acceptors (Lipinski definition) is 2. The number of benzene rings is 2. The van der Waals surface area contributed by atoms with Crippen LogP contribution in [0.15, 0.2) is 47.4 Å². The first kappa shape index (κ1) is 14.7. The van der Waals surface area contributed by atoms with E-state index in [2.05, 4.69) is 0 Å². The van der Waals surface area contributed by atoms with Crippen molar-refractivity contribution in [2.75, 3.05) is 6.26 Å². The predicted molar refractivity (Wildman–Crippen MR) is 77.2 cm³/mol. The van der Waals surface area contributed by atoms with Crippen molar-refractivity contribution >= 4 is 17.5 Å². The molecule has 0 bridgehead atoms. The molecule has 0 N–H and O–H groups in total. The molecule has 1 nitrogen and oxygen atoms in total. The van der Waals surface area contributed by atoms with E-state index < -0.39 is 11.6 Å². The van der Waals surface area contributed by atoms with Crippen LogP contribution in [-0.2, 0) is 6.42 Å². The van der Waals surface area contributed by atoms with Crippen molar-refractivity contribution in [3.8, 4) is 0 Å². The van der Waals surface area contributed by atoms with E-state index in [1.807, 2.05) is 30.5 Å². The number of rotatable bonds is 5. The van der Waals surface area contributed by atoms with Crippen LogP contribution in [0.3, 0.4) is 0 Å². The number of halogens is 2. The average molecular weight is 292 g/mol. The first-order chi connectivity index (χ1) is 9.61. The molecule has 2 aromatic rings. The fourth-order valence-corrected chi connectivity index (χ4v) is 2.65. The molecule has 0 heterocycles. The third-order valence-electron chi connectivity index (χ3n) is 3.05. The lowest BCUT2D eigenvalue weighted by Crippen LogP contribution is -2.05. The van der Waals surface area contributed by atoms with Gasteiger partial charge in [0, 0.05) is 17.4 Å². The molecule has 0 aliphatic heterocycles. The van der Waals surface area contributed by atoms with Gasteiger partial charge in [-0.25, -0.2) is 8.78 Å². The Labute approximate surface area is 121 Å². The lowest BCUT2D eigenvalue weighted by Gasteiger charge is -2.07. The molecule has 2 aromatic carbocycles. The Hall–Kier alpha value is -1.68. The maximum Gasteiger partial charge on any atom is 0.166 e. The Balaban J connectivity index is 2.09. The number of carbonyl (C=O) groups excluding carboxylic acids is 1. The largest absolute Gasteiger partial charge is 0.294 e. The Kier molecular flexibility index (Phi) is 4.90. The van der Waals surface area contributed by atoms with Gasteiger partial charge in [-0.15, -0.1) is 11.8 Å². The lowest BCUT2D eigenvalue weighted by molar-refractivity contribution is 0.0978. The van der Waals surface area contributed by atoms with Gasteiger partial charge in [0.2, 0.25) is 0 Å². The van der Waals surface area contributed by atoms with Gasteiger partial charge in [-0.3, -0.25) is 4.79 Å². The smallest absolute Gasteiger partial charge is 0.166 e. The highest BCUT2D eigenvalue weighted by Crippen LogP contribution is 2.22. The number of hydrogen-bond donors (Lipinski definition) is 0. The molecule has 0 amide bonds. The zero-order valence-electron chi connectivity index (χ0n) is 11.0. The van der Waals surface area contributed by atoms with Gasteiger partial charge in [-0.2, -0.15) is 0 Å². The van der Waals surface area contributed by atoms with E-state index in [0.29, 0.717) is 6.42 Å². The molecule has 4 heteroatoms. The maximum absolute atomic E-state index is 13.5. The Morgan fingerprint density at radius 3 is 2.60 bits per heavy atom. The van der Waals surface area contributed by atoms with E-state index in [4.69, 9.17) is 0 Å². The van der Waals surface area contributed by atoms with Gasteiger partial charge < -0.3 is 0 Å². The van der Waals surface area contributed by atoms with Gasteiger partial charge >= 0.3 is 0 Å². The van der Waals surface area contributed by atoms with Crippen LogP contribution < -0.4 is 0 Å². The van der Waals surface area contributed by atoms with Crippen LogP contribution in [0, 0.1) is 11.6 Å². The lowest BCUT2D eigenvalue weighted by atomic mass is 10.0. The highest BCUT2D eigenvalue weighted by molar-refractivity contribution is 7.98. The fourth-order valence-electron chi connectivity index (χ4n) is 2.01. The van der Waals surface area contributed by atoms with Crippen LogP contribution in [0.4, 0.5) is 8.78 Å². The highest BCUT2D eigenvalue weighted by atomic mass is 32.2. The second-order valence-electron chi connectivity index (χ2n) is 4.36. The second-order valence-corrected chi connectivity index (χ2v) is 5.21. The molecule has 0 unspecified atom stereocenters. The molecule has 0 saturated carbocycles. The van der Waals surface area contributed by atoms with Crippen molar-refractivity contribution in [1.82, 2.24) is 0 Å². The van der Waals surface area contributed by atoms with E-state index in [1.165, 1.54) is 6.07 Å². The second kappa shape index (κ2) is 6.66. The molecule has 2 rings (SSSR count). The van der Waals surface area contributed by atoms with Gasteiger partial charge in [-0.05, 0) is 36.4 Å². The molecule has 0 spiro atoms. The SMILES string of the molecule is CSc1ccccc1CCC(=O)c1ccc(F)cc1F. The van der Waals surface area contributed by atoms with Crippen LogP contribution in [0.1, 0.15) is 22.3 Å². The molecule has 0 aliphatic rings. The highest BCUT2D eigenvalue weighted by Gasteiger charge is 2.13. The summed E-state index contributed by atoms with van der Waals surface area (Å²) in [5, 5.41) is 0. The Morgan fingerprint density at radius 1 is 1.15 bits per heavy atom. The van der Waals surface area contributed by atoms with Crippen molar-refractivity contribution in [2.45, 2.75) is 17.7 Å². The van der Waals surface area contributed by atoms with Gasteiger partial charge in [-0.1, -0.05) is 18.2 Å². The van der Waals surface area contributed by atoms with Crippen LogP contribution in [0.5, 0.6) is 0 Å². The number of aryl methyl sites for hydroxylation is 1. The molecule has 0 aliphatic carbocycles. The molecule has 0 fully saturated rings. The van der Waals surface area contributed by atoms with Crippen molar-refractivity contribution in [1.29, 1.82) is 0 Å². The zero-order valence-corrected chi connectivity index (χ0v) is 11.8. The van der Waals surface area contributed by atoms with Crippen molar-refractivity contribution in [3.05, 3.63) is 65.2 Å². The molecular formula is C16H14F2OS. The van der Waals surface area contributed by atoms with Crippen LogP contribution in [0.25, 0.3) is 0 Å². The Morgan fingerprint density at radius 2 is 1.90 bits per heavy atom. The molecule has 0 saturated heterocycles. The third kappa shape index (κ3) is 3.45. The summed E-state index contributed by atoms with van der Waals surface area (Å²) in [4.78, 5) is 13.1. The average Bonchev–Trinajstić information content (AvgIpc) is 2.45. The van der Waals surface area contributed by atoms with E-state index in [1.54, 1.807) is 11.8 Å². The summed E-state index contributed by atoms with van der Waals surface area (Å²) in [5.74, 6) is -1.78. The summed E-state index contributed by atoms with van der Waals surface area (Å²) < 4.78 is 26.3. The summed E-state index contributed by atoms with van der Waals surface area (Å²) in [6, 6.07) is 10.8. The number of Topliss-reactive ketones (excluding diaryl/α,β-unsaturated/α-hetero) is 1. The summed E-state index contributed by atoms with van der Waals surface area (Å²) >= 11 is 1.61. The van der Waals surface area contributed by atoms with Crippen molar-refractivity contribution in [3.63, 3.8) is 0 Å². The van der Waals surface area contributed by atoms with Crippen LogP contribution in [0.2, 0.25) is 0 Å². The third-order valence-corrected chi connectivity index (χ3v) is 3.88. The monoisotopic (exact) mass is 292 g/mol. The summed E-state index contributed by atoms with van der Waals surface area (Å²) in [6.07, 6.45) is 2.73. The minimum absolute atomic E-state index is 0.0481.